The Labute approximate surface area is 208 Å². The van der Waals surface area contributed by atoms with Crippen LogP contribution >= 0.6 is 0 Å². The van der Waals surface area contributed by atoms with Gasteiger partial charge in [-0.3, -0.25) is 9.79 Å². The van der Waals surface area contributed by atoms with Crippen LogP contribution in [0.15, 0.2) is 41.4 Å². The number of piperidine rings is 2. The van der Waals surface area contributed by atoms with Gasteiger partial charge in [0.15, 0.2) is 11.5 Å². The minimum absolute atomic E-state index is 0.137. The fourth-order valence-electron chi connectivity index (χ4n) is 5.70. The molecule has 5 rings (SSSR count). The Morgan fingerprint density at radius 1 is 0.971 bits per heavy atom. The summed E-state index contributed by atoms with van der Waals surface area (Å²) in [6, 6.07) is 12.6. The summed E-state index contributed by atoms with van der Waals surface area (Å²) in [5, 5.41) is 0. The van der Waals surface area contributed by atoms with E-state index in [4.69, 9.17) is 14.5 Å². The molecule has 2 atom stereocenters. The number of benzene rings is 2. The largest absolute Gasteiger partial charge is 0.490 e. The Hall–Kier alpha value is -2.86. The van der Waals surface area contributed by atoms with Crippen molar-refractivity contribution in [3.05, 3.63) is 58.7 Å². The standard InChI is InChI=1S/C29H37N3O3/c1-4-34-26-17-22-23(18-27(26)35-5-2)28(30-25-13-16-31(3)19-24(22)25)20-9-11-21(12-10-20)29(33)32-14-7-6-8-15-32/h9-12,17-18,24-25H,4-8,13-16,19H2,1-3H3/t24-,25-/m1/s1. The van der Waals surface area contributed by atoms with E-state index in [1.165, 1.54) is 12.0 Å². The molecular formula is C29H37N3O3. The van der Waals surface area contributed by atoms with E-state index < -0.39 is 0 Å². The second kappa shape index (κ2) is 10.4. The zero-order valence-electron chi connectivity index (χ0n) is 21.3. The lowest BCUT2D eigenvalue weighted by Crippen LogP contribution is -2.41. The second-order valence-electron chi connectivity index (χ2n) is 9.88. The van der Waals surface area contributed by atoms with Gasteiger partial charge in [-0.05, 0) is 83.0 Å². The molecule has 0 bridgehead atoms. The first kappa shape index (κ1) is 23.9. The number of rotatable bonds is 6. The number of amides is 1. The lowest BCUT2D eigenvalue weighted by Gasteiger charge is -2.39. The van der Waals surface area contributed by atoms with Crippen molar-refractivity contribution in [3.8, 4) is 11.5 Å². The fraction of sp³-hybridized carbons (Fsp3) is 0.517. The molecule has 35 heavy (non-hydrogen) atoms. The number of carbonyl (C=O) groups is 1. The van der Waals surface area contributed by atoms with Crippen LogP contribution < -0.4 is 9.47 Å². The number of ether oxygens (including phenoxy) is 2. The molecule has 3 heterocycles. The lowest BCUT2D eigenvalue weighted by molar-refractivity contribution is 0.0724. The van der Waals surface area contributed by atoms with Gasteiger partial charge in [-0.15, -0.1) is 0 Å². The van der Waals surface area contributed by atoms with E-state index in [9.17, 15) is 4.79 Å². The highest BCUT2D eigenvalue weighted by molar-refractivity contribution is 6.15. The van der Waals surface area contributed by atoms with Crippen molar-refractivity contribution in [1.29, 1.82) is 0 Å². The quantitative estimate of drug-likeness (QED) is 0.605. The Balaban J connectivity index is 1.52. The minimum atomic E-state index is 0.137. The minimum Gasteiger partial charge on any atom is -0.490 e. The van der Waals surface area contributed by atoms with Gasteiger partial charge in [0, 0.05) is 42.2 Å². The van der Waals surface area contributed by atoms with Crippen LogP contribution in [0.25, 0.3) is 0 Å². The van der Waals surface area contributed by atoms with E-state index >= 15 is 0 Å². The van der Waals surface area contributed by atoms with Crippen LogP contribution in [0.2, 0.25) is 0 Å². The SMILES string of the molecule is CCOc1cc2c(cc1OCC)[C@H]1CN(C)CC[C@H]1N=C2c1ccc(C(=O)N2CCCCC2)cc1. The van der Waals surface area contributed by atoms with Crippen molar-refractivity contribution in [2.45, 2.75) is 51.5 Å². The van der Waals surface area contributed by atoms with Crippen LogP contribution in [0, 0.1) is 0 Å². The third-order valence-electron chi connectivity index (χ3n) is 7.49. The average Bonchev–Trinajstić information content (AvgIpc) is 2.89. The molecule has 0 N–H and O–H groups in total. The van der Waals surface area contributed by atoms with Crippen molar-refractivity contribution in [2.24, 2.45) is 4.99 Å². The van der Waals surface area contributed by atoms with Crippen molar-refractivity contribution in [3.63, 3.8) is 0 Å². The zero-order chi connectivity index (χ0) is 24.4. The number of carbonyl (C=O) groups excluding carboxylic acids is 1. The predicted molar refractivity (Wildman–Crippen MR) is 139 cm³/mol. The Bertz CT molecular complexity index is 1090. The van der Waals surface area contributed by atoms with Gasteiger partial charge in [0.2, 0.25) is 0 Å². The van der Waals surface area contributed by atoms with E-state index in [0.717, 1.165) is 79.3 Å². The summed E-state index contributed by atoms with van der Waals surface area (Å²) >= 11 is 0. The Morgan fingerprint density at radius 3 is 2.34 bits per heavy atom. The van der Waals surface area contributed by atoms with Crippen LogP contribution in [0.1, 0.15) is 72.5 Å². The van der Waals surface area contributed by atoms with E-state index in [1.54, 1.807) is 0 Å². The van der Waals surface area contributed by atoms with Gasteiger partial charge in [-0.1, -0.05) is 12.1 Å². The molecule has 1 amide bonds. The summed E-state index contributed by atoms with van der Waals surface area (Å²) in [6.45, 7) is 8.93. The first-order chi connectivity index (χ1) is 17.1. The van der Waals surface area contributed by atoms with Crippen molar-refractivity contribution < 1.29 is 14.3 Å². The number of hydrogen-bond donors (Lipinski definition) is 0. The second-order valence-corrected chi connectivity index (χ2v) is 9.88. The zero-order valence-corrected chi connectivity index (χ0v) is 21.3. The third kappa shape index (κ3) is 4.81. The molecule has 2 aromatic carbocycles. The molecule has 0 spiro atoms. The number of likely N-dealkylation sites (N-methyl/N-ethyl adjacent to an activating group) is 1. The van der Waals surface area contributed by atoms with Crippen LogP contribution in [-0.2, 0) is 0 Å². The highest BCUT2D eigenvalue weighted by Gasteiger charge is 2.36. The molecule has 2 aromatic rings. The summed E-state index contributed by atoms with van der Waals surface area (Å²) in [5.74, 6) is 2.05. The summed E-state index contributed by atoms with van der Waals surface area (Å²) in [6.07, 6.45) is 4.45. The third-order valence-corrected chi connectivity index (χ3v) is 7.49. The highest BCUT2D eigenvalue weighted by atomic mass is 16.5. The Morgan fingerprint density at radius 2 is 1.66 bits per heavy atom. The molecular weight excluding hydrogens is 438 g/mol. The summed E-state index contributed by atoms with van der Waals surface area (Å²) in [4.78, 5) is 22.6. The van der Waals surface area contributed by atoms with Crippen molar-refractivity contribution >= 4 is 11.6 Å². The van der Waals surface area contributed by atoms with Crippen LogP contribution in [0.5, 0.6) is 11.5 Å². The molecule has 0 radical (unpaired) electrons. The first-order valence-electron chi connectivity index (χ1n) is 13.2. The molecule has 0 saturated carbocycles. The van der Waals surface area contributed by atoms with Crippen LogP contribution in [0.3, 0.4) is 0 Å². The molecule has 3 aliphatic rings. The summed E-state index contributed by atoms with van der Waals surface area (Å²) < 4.78 is 12.0. The molecule has 0 unspecified atom stereocenters. The highest BCUT2D eigenvalue weighted by Crippen LogP contribution is 2.42. The van der Waals surface area contributed by atoms with Gasteiger partial charge in [-0.2, -0.15) is 0 Å². The van der Waals surface area contributed by atoms with Gasteiger partial charge < -0.3 is 19.3 Å². The number of fused-ring (bicyclic) bond motifs is 3. The maximum absolute atomic E-state index is 13.0. The van der Waals surface area contributed by atoms with Gasteiger partial charge in [-0.25, -0.2) is 0 Å². The summed E-state index contributed by atoms with van der Waals surface area (Å²) in [7, 11) is 2.19. The van der Waals surface area contributed by atoms with E-state index in [0.29, 0.717) is 19.1 Å². The molecule has 6 heteroatoms. The van der Waals surface area contributed by atoms with Gasteiger partial charge >= 0.3 is 0 Å². The van der Waals surface area contributed by atoms with Gasteiger partial charge in [0.25, 0.3) is 5.91 Å². The van der Waals surface area contributed by atoms with Gasteiger partial charge in [0.05, 0.1) is 25.0 Å². The first-order valence-corrected chi connectivity index (χ1v) is 13.2. The molecule has 2 fully saturated rings. The number of nitrogens with zero attached hydrogens (tertiary/aromatic N) is 3. The molecule has 6 nitrogen and oxygen atoms in total. The topological polar surface area (TPSA) is 54.4 Å². The fourth-order valence-corrected chi connectivity index (χ4v) is 5.70. The number of aliphatic imine (C=N–C) groups is 1. The molecule has 186 valence electrons. The van der Waals surface area contributed by atoms with Crippen molar-refractivity contribution in [1.82, 2.24) is 9.80 Å². The normalized spacial score (nSPS) is 22.1. The van der Waals surface area contributed by atoms with Crippen molar-refractivity contribution in [2.75, 3.05) is 46.4 Å². The van der Waals surface area contributed by atoms with E-state index in [-0.39, 0.29) is 11.9 Å². The summed E-state index contributed by atoms with van der Waals surface area (Å²) in [5.41, 5.74) is 5.19. The molecule has 3 aliphatic heterocycles. The predicted octanol–water partition coefficient (Wildman–Crippen LogP) is 4.75. The monoisotopic (exact) mass is 475 g/mol. The van der Waals surface area contributed by atoms with Crippen LogP contribution in [0.4, 0.5) is 0 Å². The van der Waals surface area contributed by atoms with E-state index in [2.05, 4.69) is 36.2 Å². The maximum atomic E-state index is 13.0. The molecule has 2 saturated heterocycles. The number of hydrogen-bond acceptors (Lipinski definition) is 5. The van der Waals surface area contributed by atoms with Crippen LogP contribution in [-0.4, -0.2) is 73.9 Å². The number of likely N-dealkylation sites (tertiary alicyclic amines) is 2. The maximum Gasteiger partial charge on any atom is 0.253 e. The van der Waals surface area contributed by atoms with E-state index in [1.807, 2.05) is 30.9 Å². The smallest absolute Gasteiger partial charge is 0.253 e. The average molecular weight is 476 g/mol. The lowest BCUT2D eigenvalue weighted by atomic mass is 9.79. The molecule has 0 aliphatic carbocycles. The molecule has 0 aromatic heterocycles. The van der Waals surface area contributed by atoms with Gasteiger partial charge in [0.1, 0.15) is 0 Å². The Kier molecular flexibility index (Phi) is 7.09.